The second-order valence-corrected chi connectivity index (χ2v) is 4.30. The molecule has 0 aromatic carbocycles. The molecule has 1 N–H and O–H groups in total. The quantitative estimate of drug-likeness (QED) is 0.416. The van der Waals surface area contributed by atoms with Crippen LogP contribution in [0.1, 0.15) is 27.2 Å². The number of nitrogens with one attached hydrogen (secondary N) is 1. The van der Waals surface area contributed by atoms with Crippen LogP contribution in [0.15, 0.2) is 0 Å². The summed E-state index contributed by atoms with van der Waals surface area (Å²) in [4.78, 5) is 12.0. The summed E-state index contributed by atoms with van der Waals surface area (Å²) in [7, 11) is 0. The Labute approximate surface area is 84.5 Å². The van der Waals surface area contributed by atoms with Crippen molar-refractivity contribution in [1.29, 1.82) is 0 Å². The molecule has 0 heterocycles. The SMILES string of the molecule is CC(=S)C(C)(C)CC(=O)NCS. The number of carbonyl (C=O) groups excluding carboxylic acids is 1. The van der Waals surface area contributed by atoms with Gasteiger partial charge in [-0.25, -0.2) is 0 Å². The molecule has 0 radical (unpaired) electrons. The molecule has 0 saturated heterocycles. The fourth-order valence-electron chi connectivity index (χ4n) is 0.677. The molecule has 0 bridgehead atoms. The molecule has 1 amide bonds. The molecule has 0 aromatic rings. The maximum absolute atomic E-state index is 11.1. The first-order valence-corrected chi connectivity index (χ1v) is 4.83. The van der Waals surface area contributed by atoms with Crippen LogP contribution in [-0.2, 0) is 4.79 Å². The first-order chi connectivity index (χ1) is 5.40. The van der Waals surface area contributed by atoms with Crippen molar-refractivity contribution in [3.05, 3.63) is 0 Å². The highest BCUT2D eigenvalue weighted by Gasteiger charge is 2.23. The molecule has 0 atom stereocenters. The van der Waals surface area contributed by atoms with Crippen LogP contribution < -0.4 is 5.32 Å². The molecular weight excluding hydrogens is 190 g/mol. The van der Waals surface area contributed by atoms with Crippen molar-refractivity contribution in [3.8, 4) is 0 Å². The lowest BCUT2D eigenvalue weighted by Crippen LogP contribution is -2.31. The Kier molecular flexibility index (Phi) is 4.78. The van der Waals surface area contributed by atoms with Gasteiger partial charge in [-0.1, -0.05) is 26.1 Å². The number of carbonyl (C=O) groups is 1. The highest BCUT2D eigenvalue weighted by atomic mass is 32.1. The van der Waals surface area contributed by atoms with Crippen LogP contribution >= 0.6 is 24.8 Å². The Morgan fingerprint density at radius 1 is 1.58 bits per heavy atom. The predicted molar refractivity (Wildman–Crippen MR) is 58.7 cm³/mol. The Morgan fingerprint density at radius 2 is 2.08 bits per heavy atom. The number of hydrogen-bond acceptors (Lipinski definition) is 3. The molecule has 2 nitrogen and oxygen atoms in total. The normalized spacial score (nSPS) is 11.0. The van der Waals surface area contributed by atoms with Gasteiger partial charge >= 0.3 is 0 Å². The van der Waals surface area contributed by atoms with Gasteiger partial charge in [0.05, 0.1) is 5.88 Å². The van der Waals surface area contributed by atoms with Crippen molar-refractivity contribution in [2.75, 3.05) is 5.88 Å². The van der Waals surface area contributed by atoms with E-state index in [4.69, 9.17) is 12.2 Å². The molecule has 12 heavy (non-hydrogen) atoms. The average Bonchev–Trinajstić information content (AvgIpc) is 1.85. The van der Waals surface area contributed by atoms with Crippen LogP contribution in [0.2, 0.25) is 0 Å². The van der Waals surface area contributed by atoms with Crippen molar-refractivity contribution in [3.63, 3.8) is 0 Å². The highest BCUT2D eigenvalue weighted by molar-refractivity contribution is 7.80. The van der Waals surface area contributed by atoms with E-state index in [0.717, 1.165) is 4.86 Å². The standard InChI is InChI=1S/C8H15NOS2/c1-6(12)8(2,3)4-7(10)9-5-11/h11H,4-5H2,1-3H3,(H,9,10). The van der Waals surface area contributed by atoms with Crippen LogP contribution in [-0.4, -0.2) is 16.6 Å². The van der Waals surface area contributed by atoms with Gasteiger partial charge in [0.25, 0.3) is 0 Å². The van der Waals surface area contributed by atoms with E-state index >= 15 is 0 Å². The number of thiocarbonyl (C=S) groups is 1. The van der Waals surface area contributed by atoms with E-state index in [9.17, 15) is 4.79 Å². The molecule has 0 saturated carbocycles. The van der Waals surface area contributed by atoms with Gasteiger partial charge in [0.15, 0.2) is 0 Å². The highest BCUT2D eigenvalue weighted by Crippen LogP contribution is 2.22. The van der Waals surface area contributed by atoms with Gasteiger partial charge in [-0.2, -0.15) is 12.6 Å². The van der Waals surface area contributed by atoms with Crippen LogP contribution in [0.4, 0.5) is 0 Å². The van der Waals surface area contributed by atoms with Crippen molar-refractivity contribution >= 4 is 35.6 Å². The van der Waals surface area contributed by atoms with Crippen molar-refractivity contribution in [2.24, 2.45) is 5.41 Å². The third-order valence-corrected chi connectivity index (χ3v) is 2.54. The van der Waals surface area contributed by atoms with Crippen molar-refractivity contribution in [2.45, 2.75) is 27.2 Å². The molecule has 0 aliphatic rings. The first kappa shape index (κ1) is 11.9. The Morgan fingerprint density at radius 3 is 2.42 bits per heavy atom. The lowest BCUT2D eigenvalue weighted by atomic mass is 9.86. The zero-order valence-corrected chi connectivity index (χ0v) is 9.39. The summed E-state index contributed by atoms with van der Waals surface area (Å²) in [5, 5.41) is 2.62. The van der Waals surface area contributed by atoms with Crippen LogP contribution in [0.3, 0.4) is 0 Å². The van der Waals surface area contributed by atoms with Gasteiger partial charge in [0.2, 0.25) is 5.91 Å². The zero-order valence-electron chi connectivity index (χ0n) is 7.68. The predicted octanol–water partition coefficient (Wildman–Crippen LogP) is 1.80. The lowest BCUT2D eigenvalue weighted by Gasteiger charge is -2.22. The van der Waals surface area contributed by atoms with Gasteiger partial charge in [-0.05, 0) is 11.8 Å². The summed E-state index contributed by atoms with van der Waals surface area (Å²) in [6.07, 6.45) is 0.433. The zero-order chi connectivity index (χ0) is 9.78. The minimum Gasteiger partial charge on any atom is -0.347 e. The fourth-order valence-corrected chi connectivity index (χ4v) is 0.925. The maximum Gasteiger partial charge on any atom is 0.221 e. The van der Waals surface area contributed by atoms with Gasteiger partial charge in [0, 0.05) is 11.8 Å². The van der Waals surface area contributed by atoms with E-state index in [-0.39, 0.29) is 11.3 Å². The molecule has 4 heteroatoms. The van der Waals surface area contributed by atoms with E-state index in [1.807, 2.05) is 20.8 Å². The smallest absolute Gasteiger partial charge is 0.221 e. The number of rotatable bonds is 4. The summed E-state index contributed by atoms with van der Waals surface area (Å²) in [6.45, 7) is 5.80. The minimum atomic E-state index is -0.192. The molecule has 0 aliphatic heterocycles. The van der Waals surface area contributed by atoms with E-state index < -0.39 is 0 Å². The van der Waals surface area contributed by atoms with Crippen LogP contribution in [0.5, 0.6) is 0 Å². The largest absolute Gasteiger partial charge is 0.347 e. The summed E-state index contributed by atoms with van der Waals surface area (Å²) in [5.74, 6) is 0.380. The number of hydrogen-bond donors (Lipinski definition) is 2. The molecule has 0 spiro atoms. The molecule has 0 fully saturated rings. The molecule has 0 unspecified atom stereocenters. The molecule has 0 aromatic heterocycles. The van der Waals surface area contributed by atoms with Gasteiger partial charge in [0.1, 0.15) is 0 Å². The maximum atomic E-state index is 11.1. The van der Waals surface area contributed by atoms with Crippen molar-refractivity contribution < 1.29 is 4.79 Å². The van der Waals surface area contributed by atoms with E-state index in [1.54, 1.807) is 0 Å². The van der Waals surface area contributed by atoms with Gasteiger partial charge < -0.3 is 5.32 Å². The second-order valence-electron chi connectivity index (χ2n) is 3.37. The summed E-state index contributed by atoms with van der Waals surface area (Å²) < 4.78 is 0. The van der Waals surface area contributed by atoms with Crippen molar-refractivity contribution in [1.82, 2.24) is 5.32 Å². The first-order valence-electron chi connectivity index (χ1n) is 3.79. The Hall–Kier alpha value is -0.0900. The third-order valence-electron chi connectivity index (χ3n) is 1.83. The third kappa shape index (κ3) is 4.07. The lowest BCUT2D eigenvalue weighted by molar-refractivity contribution is -0.121. The topological polar surface area (TPSA) is 29.1 Å². The molecule has 0 rings (SSSR count). The van der Waals surface area contributed by atoms with E-state index in [2.05, 4.69) is 17.9 Å². The van der Waals surface area contributed by atoms with Crippen LogP contribution in [0.25, 0.3) is 0 Å². The monoisotopic (exact) mass is 205 g/mol. The number of thiol groups is 1. The van der Waals surface area contributed by atoms with Gasteiger partial charge in [-0.15, -0.1) is 0 Å². The molecular formula is C8H15NOS2. The summed E-state index contributed by atoms with van der Waals surface area (Å²) in [6, 6.07) is 0. The molecule has 0 aliphatic carbocycles. The van der Waals surface area contributed by atoms with E-state index in [0.29, 0.717) is 12.3 Å². The van der Waals surface area contributed by atoms with Crippen LogP contribution in [0, 0.1) is 5.41 Å². The average molecular weight is 205 g/mol. The second kappa shape index (κ2) is 4.82. The summed E-state index contributed by atoms with van der Waals surface area (Å²) in [5.41, 5.74) is -0.192. The summed E-state index contributed by atoms with van der Waals surface area (Å²) >= 11 is 8.93. The fraction of sp³-hybridized carbons (Fsp3) is 0.750. The van der Waals surface area contributed by atoms with Gasteiger partial charge in [-0.3, -0.25) is 4.79 Å². The number of amides is 1. The minimum absolute atomic E-state index is 0.000741. The Balaban J connectivity index is 4.06. The molecule has 70 valence electrons. The Bertz CT molecular complexity index is 189. The van der Waals surface area contributed by atoms with E-state index in [1.165, 1.54) is 0 Å².